The van der Waals surface area contributed by atoms with Crippen LogP contribution < -0.4 is 5.73 Å². The number of pyridine rings is 1. The van der Waals surface area contributed by atoms with E-state index >= 15 is 0 Å². The zero-order valence-electron chi connectivity index (χ0n) is 16.9. The van der Waals surface area contributed by atoms with E-state index in [2.05, 4.69) is 59.2 Å². The zero-order chi connectivity index (χ0) is 20.0. The van der Waals surface area contributed by atoms with Gasteiger partial charge in [-0.25, -0.2) is 9.97 Å². The van der Waals surface area contributed by atoms with Gasteiger partial charge in [0.05, 0.1) is 5.52 Å². The maximum atomic E-state index is 6.38. The lowest BCUT2D eigenvalue weighted by Crippen LogP contribution is -2.10. The van der Waals surface area contributed by atoms with Gasteiger partial charge in [-0.1, -0.05) is 24.6 Å². The largest absolute Gasteiger partial charge is 0.335 e. The molecule has 148 valence electrons. The van der Waals surface area contributed by atoms with Crippen LogP contribution in [0.15, 0.2) is 36.5 Å². The third-order valence-corrected chi connectivity index (χ3v) is 5.98. The van der Waals surface area contributed by atoms with Gasteiger partial charge in [-0.15, -0.1) is 0 Å². The highest BCUT2D eigenvalue weighted by molar-refractivity contribution is 5.91. The Morgan fingerprint density at radius 2 is 2.10 bits per heavy atom. The third-order valence-electron chi connectivity index (χ3n) is 5.98. The maximum absolute atomic E-state index is 6.38. The predicted molar refractivity (Wildman–Crippen MR) is 115 cm³/mol. The van der Waals surface area contributed by atoms with Crippen LogP contribution in [0, 0.1) is 6.92 Å². The molecule has 0 spiro atoms. The molecular formula is C23H26N6. The molecular weight excluding hydrogens is 360 g/mol. The second-order valence-corrected chi connectivity index (χ2v) is 7.90. The van der Waals surface area contributed by atoms with E-state index in [9.17, 15) is 0 Å². The fourth-order valence-corrected chi connectivity index (χ4v) is 4.41. The molecule has 0 amide bonds. The first-order valence-corrected chi connectivity index (χ1v) is 10.4. The molecule has 3 heterocycles. The van der Waals surface area contributed by atoms with Crippen molar-refractivity contribution in [2.45, 2.75) is 52.1 Å². The summed E-state index contributed by atoms with van der Waals surface area (Å²) in [5.74, 6) is 0.757. The van der Waals surface area contributed by atoms with Crippen LogP contribution in [0.25, 0.3) is 33.8 Å². The summed E-state index contributed by atoms with van der Waals surface area (Å²) < 4.78 is 1.98. The van der Waals surface area contributed by atoms with Gasteiger partial charge in [-0.3, -0.25) is 4.68 Å². The molecule has 3 aromatic heterocycles. The first-order chi connectivity index (χ1) is 14.1. The van der Waals surface area contributed by atoms with E-state index in [1.54, 1.807) is 0 Å². The minimum absolute atomic E-state index is 0.148. The Hall–Kier alpha value is -2.99. The van der Waals surface area contributed by atoms with Crippen molar-refractivity contribution in [2.24, 2.45) is 5.73 Å². The quantitative estimate of drug-likeness (QED) is 0.506. The van der Waals surface area contributed by atoms with E-state index in [1.807, 2.05) is 10.9 Å². The normalized spacial score (nSPS) is 16.7. The van der Waals surface area contributed by atoms with Gasteiger partial charge in [-0.05, 0) is 61.9 Å². The van der Waals surface area contributed by atoms with Gasteiger partial charge in [0.25, 0.3) is 0 Å². The van der Waals surface area contributed by atoms with E-state index in [0.29, 0.717) is 5.65 Å². The maximum Gasteiger partial charge on any atom is 0.178 e. The molecule has 1 aromatic carbocycles. The van der Waals surface area contributed by atoms with Crippen LogP contribution in [0.1, 0.15) is 49.0 Å². The number of nitrogens with zero attached hydrogens (tertiary/aromatic N) is 4. The summed E-state index contributed by atoms with van der Waals surface area (Å²) in [5.41, 5.74) is 15.0. The molecule has 4 aromatic rings. The molecule has 1 aliphatic carbocycles. The highest BCUT2D eigenvalue weighted by atomic mass is 15.3. The summed E-state index contributed by atoms with van der Waals surface area (Å²) in [6.45, 7) is 4.99. The standard InChI is InChI=1S/C23H26N6/c1-3-29-14(2)12-20(28-29)22-26-21-18(10-11-25-23(21)27-22)16-8-9-17-15(13-16)6-4-5-7-19(17)24/h8-13,19H,3-7,24H2,1-2H3,(H,25,26,27). The monoisotopic (exact) mass is 386 g/mol. The van der Waals surface area contributed by atoms with E-state index in [0.717, 1.165) is 47.7 Å². The molecule has 0 bridgehead atoms. The number of aromatic nitrogens is 5. The first-order valence-electron chi connectivity index (χ1n) is 10.4. The summed E-state index contributed by atoms with van der Waals surface area (Å²) in [4.78, 5) is 12.7. The zero-order valence-corrected chi connectivity index (χ0v) is 16.9. The second kappa shape index (κ2) is 7.12. The van der Waals surface area contributed by atoms with Crippen molar-refractivity contribution >= 4 is 11.2 Å². The van der Waals surface area contributed by atoms with E-state index in [-0.39, 0.29) is 6.04 Å². The Labute approximate surface area is 170 Å². The van der Waals surface area contributed by atoms with Crippen molar-refractivity contribution < 1.29 is 0 Å². The van der Waals surface area contributed by atoms with Gasteiger partial charge >= 0.3 is 0 Å². The minimum atomic E-state index is 0.148. The average molecular weight is 387 g/mol. The number of aromatic amines is 1. The van der Waals surface area contributed by atoms with Crippen LogP contribution in [-0.4, -0.2) is 24.7 Å². The summed E-state index contributed by atoms with van der Waals surface area (Å²) >= 11 is 0. The summed E-state index contributed by atoms with van der Waals surface area (Å²) in [6.07, 6.45) is 6.38. The van der Waals surface area contributed by atoms with Crippen LogP contribution in [0.3, 0.4) is 0 Å². The molecule has 6 nitrogen and oxygen atoms in total. The van der Waals surface area contributed by atoms with Crippen molar-refractivity contribution in [3.05, 3.63) is 53.3 Å². The van der Waals surface area contributed by atoms with Gasteiger partial charge in [-0.2, -0.15) is 5.10 Å². The highest BCUT2D eigenvalue weighted by Crippen LogP contribution is 2.33. The molecule has 6 heteroatoms. The third kappa shape index (κ3) is 3.13. The molecule has 0 aliphatic heterocycles. The smallest absolute Gasteiger partial charge is 0.178 e. The number of benzene rings is 1. The van der Waals surface area contributed by atoms with E-state index in [1.165, 1.54) is 29.5 Å². The van der Waals surface area contributed by atoms with Gasteiger partial charge < -0.3 is 10.7 Å². The number of fused-ring (bicyclic) bond motifs is 2. The Balaban J connectivity index is 1.61. The first kappa shape index (κ1) is 18.1. The summed E-state index contributed by atoms with van der Waals surface area (Å²) in [7, 11) is 0. The second-order valence-electron chi connectivity index (χ2n) is 7.90. The van der Waals surface area contributed by atoms with Crippen LogP contribution in [0.2, 0.25) is 0 Å². The van der Waals surface area contributed by atoms with Crippen molar-refractivity contribution in [2.75, 3.05) is 0 Å². The van der Waals surface area contributed by atoms with Gasteiger partial charge in [0.2, 0.25) is 0 Å². The molecule has 1 unspecified atom stereocenters. The number of aryl methyl sites for hydroxylation is 3. The molecule has 0 saturated carbocycles. The van der Waals surface area contributed by atoms with Gasteiger partial charge in [0.1, 0.15) is 5.69 Å². The molecule has 1 atom stereocenters. The number of rotatable bonds is 3. The lowest BCUT2D eigenvalue weighted by molar-refractivity contribution is 0.615. The predicted octanol–water partition coefficient (Wildman–Crippen LogP) is 4.54. The Bertz CT molecular complexity index is 1190. The highest BCUT2D eigenvalue weighted by Gasteiger charge is 2.18. The molecule has 0 fully saturated rings. The lowest BCUT2D eigenvalue weighted by atomic mass is 9.94. The van der Waals surface area contributed by atoms with Crippen LogP contribution in [0.5, 0.6) is 0 Å². The summed E-state index contributed by atoms with van der Waals surface area (Å²) in [6, 6.07) is 10.9. The molecule has 0 saturated heterocycles. The fraction of sp³-hybridized carbons (Fsp3) is 0.348. The minimum Gasteiger partial charge on any atom is -0.335 e. The number of hydrogen-bond acceptors (Lipinski definition) is 4. The number of hydrogen-bond donors (Lipinski definition) is 2. The fourth-order valence-electron chi connectivity index (χ4n) is 4.41. The van der Waals surface area contributed by atoms with Crippen LogP contribution in [-0.2, 0) is 13.0 Å². The molecule has 0 radical (unpaired) electrons. The Morgan fingerprint density at radius 3 is 2.93 bits per heavy atom. The SMILES string of the molecule is CCn1nc(-c2nc3nccc(-c4ccc5c(c4)CCCCC5N)c3[nH]2)cc1C. The lowest BCUT2D eigenvalue weighted by Gasteiger charge is -2.14. The number of imidazole rings is 1. The Morgan fingerprint density at radius 1 is 1.21 bits per heavy atom. The van der Waals surface area contributed by atoms with Crippen molar-refractivity contribution in [1.82, 2.24) is 24.7 Å². The van der Waals surface area contributed by atoms with Crippen molar-refractivity contribution in [3.63, 3.8) is 0 Å². The number of H-pyrrole nitrogens is 1. The molecule has 3 N–H and O–H groups in total. The number of nitrogens with one attached hydrogen (secondary N) is 1. The van der Waals surface area contributed by atoms with Crippen molar-refractivity contribution in [1.29, 1.82) is 0 Å². The molecule has 29 heavy (non-hydrogen) atoms. The van der Waals surface area contributed by atoms with Crippen LogP contribution >= 0.6 is 0 Å². The topological polar surface area (TPSA) is 85.4 Å². The molecule has 5 rings (SSSR count). The summed E-state index contributed by atoms with van der Waals surface area (Å²) in [5, 5.41) is 4.65. The van der Waals surface area contributed by atoms with Crippen molar-refractivity contribution in [3.8, 4) is 22.6 Å². The van der Waals surface area contributed by atoms with Gasteiger partial charge in [0.15, 0.2) is 11.5 Å². The number of nitrogens with two attached hydrogens (primary N) is 1. The molecule has 1 aliphatic rings. The van der Waals surface area contributed by atoms with Crippen LogP contribution in [0.4, 0.5) is 0 Å². The Kier molecular flexibility index (Phi) is 4.43. The van der Waals surface area contributed by atoms with E-state index < -0.39 is 0 Å². The average Bonchev–Trinajstić information content (AvgIpc) is 3.28. The van der Waals surface area contributed by atoms with Gasteiger partial charge in [0, 0.05) is 30.0 Å². The van der Waals surface area contributed by atoms with E-state index in [4.69, 9.17) is 10.7 Å².